The molecule has 84 valence electrons. The second-order valence-electron chi connectivity index (χ2n) is 3.10. The maximum absolute atomic E-state index is 12.6. The van der Waals surface area contributed by atoms with Gasteiger partial charge >= 0.3 is 0 Å². The van der Waals surface area contributed by atoms with E-state index in [0.717, 1.165) is 0 Å². The van der Waals surface area contributed by atoms with Gasteiger partial charge in [0, 0.05) is 18.2 Å². The summed E-state index contributed by atoms with van der Waals surface area (Å²) in [4.78, 5) is 0. The molecular formula is C10H13F2NO2. The number of hydrogen-bond acceptors (Lipinski definition) is 3. The van der Waals surface area contributed by atoms with E-state index in [-0.39, 0.29) is 18.0 Å². The molecule has 1 rings (SSSR count). The Hall–Kier alpha value is -1.36. The lowest BCUT2D eigenvalue weighted by Gasteiger charge is -2.17. The molecule has 0 radical (unpaired) electrons. The Morgan fingerprint density at radius 3 is 2.60 bits per heavy atom. The number of methoxy groups -OCH3 is 1. The number of alkyl halides is 2. The van der Waals surface area contributed by atoms with Crippen molar-refractivity contribution in [2.75, 3.05) is 13.7 Å². The van der Waals surface area contributed by atoms with Crippen molar-refractivity contribution >= 4 is 0 Å². The molecule has 1 atom stereocenters. The Morgan fingerprint density at radius 2 is 2.13 bits per heavy atom. The van der Waals surface area contributed by atoms with Gasteiger partial charge in [0.25, 0.3) is 0 Å². The number of phenols is 1. The van der Waals surface area contributed by atoms with Crippen LogP contribution in [0.4, 0.5) is 8.78 Å². The second-order valence-corrected chi connectivity index (χ2v) is 3.10. The molecule has 0 bridgehead atoms. The molecule has 1 unspecified atom stereocenters. The standard InChI is InChI=1S/C10H13F2NO2/c1-15-9-4-6(14)2-3-7(9)8(5-13)10(11)12/h2-4,8,10,14H,5,13H2,1H3. The maximum Gasteiger partial charge on any atom is 0.246 e. The van der Waals surface area contributed by atoms with Gasteiger partial charge in [0.2, 0.25) is 6.43 Å². The minimum atomic E-state index is -2.55. The lowest BCUT2D eigenvalue weighted by Crippen LogP contribution is -2.20. The maximum atomic E-state index is 12.6. The van der Waals surface area contributed by atoms with E-state index < -0.39 is 12.3 Å². The van der Waals surface area contributed by atoms with Crippen LogP contribution in [0.1, 0.15) is 11.5 Å². The zero-order chi connectivity index (χ0) is 11.4. The van der Waals surface area contributed by atoms with Gasteiger partial charge in [0.15, 0.2) is 0 Å². The summed E-state index contributed by atoms with van der Waals surface area (Å²) in [5.74, 6) is -0.869. The van der Waals surface area contributed by atoms with Gasteiger partial charge in [0.05, 0.1) is 13.0 Å². The van der Waals surface area contributed by atoms with E-state index in [1.807, 2.05) is 0 Å². The van der Waals surface area contributed by atoms with Gasteiger partial charge in [0.1, 0.15) is 11.5 Å². The SMILES string of the molecule is COc1cc(O)ccc1C(CN)C(F)F. The molecule has 0 aliphatic heterocycles. The van der Waals surface area contributed by atoms with Crippen molar-refractivity contribution in [2.45, 2.75) is 12.3 Å². The number of ether oxygens (including phenoxy) is 1. The van der Waals surface area contributed by atoms with Crippen molar-refractivity contribution in [2.24, 2.45) is 5.73 Å². The molecule has 1 aromatic rings. The summed E-state index contributed by atoms with van der Waals surface area (Å²) in [5.41, 5.74) is 5.58. The largest absolute Gasteiger partial charge is 0.508 e. The van der Waals surface area contributed by atoms with E-state index in [1.165, 1.54) is 25.3 Å². The molecule has 0 amide bonds. The van der Waals surface area contributed by atoms with E-state index in [0.29, 0.717) is 5.56 Å². The smallest absolute Gasteiger partial charge is 0.246 e. The topological polar surface area (TPSA) is 55.5 Å². The fraction of sp³-hybridized carbons (Fsp3) is 0.400. The van der Waals surface area contributed by atoms with E-state index in [4.69, 9.17) is 15.6 Å². The summed E-state index contributed by atoms with van der Waals surface area (Å²) in [5, 5.41) is 9.16. The first kappa shape index (κ1) is 11.7. The number of aromatic hydroxyl groups is 1. The van der Waals surface area contributed by atoms with Gasteiger partial charge < -0.3 is 15.6 Å². The monoisotopic (exact) mass is 217 g/mol. The Morgan fingerprint density at radius 1 is 1.47 bits per heavy atom. The molecule has 0 spiro atoms. The molecule has 1 aromatic carbocycles. The number of phenolic OH excluding ortho intramolecular Hbond substituents is 1. The van der Waals surface area contributed by atoms with Gasteiger partial charge in [-0.2, -0.15) is 0 Å². The molecule has 0 aliphatic carbocycles. The minimum Gasteiger partial charge on any atom is -0.508 e. The van der Waals surface area contributed by atoms with E-state index in [2.05, 4.69) is 0 Å². The Bertz CT molecular complexity index is 331. The van der Waals surface area contributed by atoms with Crippen LogP contribution in [0.2, 0.25) is 0 Å². The van der Waals surface area contributed by atoms with Crippen molar-refractivity contribution in [1.29, 1.82) is 0 Å². The van der Waals surface area contributed by atoms with Crippen molar-refractivity contribution in [1.82, 2.24) is 0 Å². The first-order chi connectivity index (χ1) is 7.10. The van der Waals surface area contributed by atoms with Gasteiger partial charge in [-0.3, -0.25) is 0 Å². The van der Waals surface area contributed by atoms with Gasteiger partial charge in [-0.25, -0.2) is 8.78 Å². The van der Waals surface area contributed by atoms with E-state index in [1.54, 1.807) is 0 Å². The molecular weight excluding hydrogens is 204 g/mol. The molecule has 0 saturated carbocycles. The number of halogens is 2. The summed E-state index contributed by atoms with van der Waals surface area (Å²) in [6.45, 7) is -0.168. The Labute approximate surface area is 86.5 Å². The van der Waals surface area contributed by atoms with Crippen LogP contribution in [0.15, 0.2) is 18.2 Å². The zero-order valence-corrected chi connectivity index (χ0v) is 8.28. The van der Waals surface area contributed by atoms with Gasteiger partial charge in [-0.05, 0) is 6.07 Å². The molecule has 15 heavy (non-hydrogen) atoms. The first-order valence-corrected chi connectivity index (χ1v) is 4.45. The molecule has 3 N–H and O–H groups in total. The highest BCUT2D eigenvalue weighted by molar-refractivity contribution is 5.42. The number of nitrogens with two attached hydrogens (primary N) is 1. The van der Waals surface area contributed by atoms with Crippen LogP contribution in [0, 0.1) is 0 Å². The summed E-state index contributed by atoms with van der Waals surface area (Å²) in [6.07, 6.45) is -2.55. The average molecular weight is 217 g/mol. The summed E-state index contributed by atoms with van der Waals surface area (Å²) >= 11 is 0. The third-order valence-corrected chi connectivity index (χ3v) is 2.17. The predicted octanol–water partition coefficient (Wildman–Crippen LogP) is 1.71. The third-order valence-electron chi connectivity index (χ3n) is 2.17. The number of hydrogen-bond donors (Lipinski definition) is 2. The van der Waals surface area contributed by atoms with Crippen molar-refractivity contribution in [3.8, 4) is 11.5 Å². The number of benzene rings is 1. The molecule has 0 fully saturated rings. The highest BCUT2D eigenvalue weighted by Crippen LogP contribution is 2.32. The van der Waals surface area contributed by atoms with Gasteiger partial charge in [-0.15, -0.1) is 0 Å². The first-order valence-electron chi connectivity index (χ1n) is 4.45. The van der Waals surface area contributed by atoms with E-state index in [9.17, 15) is 8.78 Å². The highest BCUT2D eigenvalue weighted by Gasteiger charge is 2.24. The lowest BCUT2D eigenvalue weighted by atomic mass is 9.98. The Balaban J connectivity index is 3.11. The molecule has 0 heterocycles. The van der Waals surface area contributed by atoms with Gasteiger partial charge in [-0.1, -0.05) is 6.07 Å². The van der Waals surface area contributed by atoms with Crippen LogP contribution in [-0.2, 0) is 0 Å². The van der Waals surface area contributed by atoms with Crippen LogP contribution in [0.5, 0.6) is 11.5 Å². The van der Waals surface area contributed by atoms with Crippen molar-refractivity contribution < 1.29 is 18.6 Å². The predicted molar refractivity (Wildman–Crippen MR) is 52.5 cm³/mol. The quantitative estimate of drug-likeness (QED) is 0.807. The average Bonchev–Trinajstić information content (AvgIpc) is 2.20. The summed E-state index contributed by atoms with van der Waals surface area (Å²) in [7, 11) is 1.36. The molecule has 0 saturated heterocycles. The fourth-order valence-corrected chi connectivity index (χ4v) is 1.37. The highest BCUT2D eigenvalue weighted by atomic mass is 19.3. The Kier molecular flexibility index (Phi) is 3.85. The summed E-state index contributed by atoms with van der Waals surface area (Å²) < 4.78 is 30.1. The molecule has 3 nitrogen and oxygen atoms in total. The van der Waals surface area contributed by atoms with Crippen molar-refractivity contribution in [3.63, 3.8) is 0 Å². The van der Waals surface area contributed by atoms with Crippen LogP contribution in [-0.4, -0.2) is 25.2 Å². The summed E-state index contributed by atoms with van der Waals surface area (Å²) in [6, 6.07) is 4.03. The number of rotatable bonds is 4. The van der Waals surface area contributed by atoms with Crippen LogP contribution in [0.3, 0.4) is 0 Å². The normalized spacial score (nSPS) is 12.9. The lowest BCUT2D eigenvalue weighted by molar-refractivity contribution is 0.115. The third kappa shape index (κ3) is 2.56. The van der Waals surface area contributed by atoms with Crippen LogP contribution in [0.25, 0.3) is 0 Å². The minimum absolute atomic E-state index is 0.0272. The molecule has 5 heteroatoms. The van der Waals surface area contributed by atoms with Crippen LogP contribution >= 0.6 is 0 Å². The second kappa shape index (κ2) is 4.93. The fourth-order valence-electron chi connectivity index (χ4n) is 1.37. The zero-order valence-electron chi connectivity index (χ0n) is 8.28. The molecule has 0 aromatic heterocycles. The van der Waals surface area contributed by atoms with E-state index >= 15 is 0 Å². The van der Waals surface area contributed by atoms with Crippen molar-refractivity contribution in [3.05, 3.63) is 23.8 Å². The van der Waals surface area contributed by atoms with Crippen LogP contribution < -0.4 is 10.5 Å². The molecule has 0 aliphatic rings.